The van der Waals surface area contributed by atoms with Crippen LogP contribution in [-0.2, 0) is 13.1 Å². The van der Waals surface area contributed by atoms with Crippen molar-refractivity contribution in [2.24, 2.45) is 0 Å². The van der Waals surface area contributed by atoms with Crippen molar-refractivity contribution >= 4 is 22.4 Å². The van der Waals surface area contributed by atoms with Crippen molar-refractivity contribution < 1.29 is 0 Å². The van der Waals surface area contributed by atoms with Gasteiger partial charge < -0.3 is 5.32 Å². The van der Waals surface area contributed by atoms with E-state index < -0.39 is 0 Å². The molecule has 104 valence electrons. The van der Waals surface area contributed by atoms with Gasteiger partial charge >= 0.3 is 0 Å². The summed E-state index contributed by atoms with van der Waals surface area (Å²) >= 11 is 1.81. The van der Waals surface area contributed by atoms with Crippen LogP contribution in [0.1, 0.15) is 22.2 Å². The van der Waals surface area contributed by atoms with E-state index in [4.69, 9.17) is 0 Å². The molecule has 0 aromatic carbocycles. The first-order chi connectivity index (χ1) is 9.76. The Balaban J connectivity index is 1.85. The molecule has 20 heavy (non-hydrogen) atoms. The summed E-state index contributed by atoms with van der Waals surface area (Å²) in [5, 5.41) is 8.88. The molecule has 3 rings (SSSR count). The van der Waals surface area contributed by atoms with E-state index in [-0.39, 0.29) is 0 Å². The van der Waals surface area contributed by atoms with E-state index >= 15 is 0 Å². The average Bonchev–Trinajstić information content (AvgIpc) is 3.04. The lowest BCUT2D eigenvalue weighted by molar-refractivity contribution is 0.709. The second kappa shape index (κ2) is 5.73. The van der Waals surface area contributed by atoms with Crippen LogP contribution in [-0.4, -0.2) is 21.3 Å². The smallest absolute Gasteiger partial charge is 0.158 e. The van der Waals surface area contributed by atoms with Gasteiger partial charge in [0, 0.05) is 27.9 Å². The molecule has 0 bridgehead atoms. The summed E-state index contributed by atoms with van der Waals surface area (Å²) in [6, 6.07) is 6.47. The number of aryl methyl sites for hydroxylation is 1. The van der Waals surface area contributed by atoms with Crippen molar-refractivity contribution in [2.75, 3.05) is 6.54 Å². The highest BCUT2D eigenvalue weighted by Gasteiger charge is 2.07. The number of rotatable bonds is 5. The molecule has 4 nitrogen and oxygen atoms in total. The summed E-state index contributed by atoms with van der Waals surface area (Å²) < 4.78 is 1.97. The third-order valence-electron chi connectivity index (χ3n) is 3.21. The van der Waals surface area contributed by atoms with Crippen LogP contribution in [0.3, 0.4) is 0 Å². The summed E-state index contributed by atoms with van der Waals surface area (Å²) in [6.45, 7) is 6.85. The maximum atomic E-state index is 4.56. The summed E-state index contributed by atoms with van der Waals surface area (Å²) in [5.74, 6) is 0. The molecule has 0 radical (unpaired) electrons. The molecule has 3 aromatic rings. The third kappa shape index (κ3) is 2.73. The fourth-order valence-corrected chi connectivity index (χ4v) is 3.09. The van der Waals surface area contributed by atoms with Gasteiger partial charge in [-0.3, -0.25) is 0 Å². The first kappa shape index (κ1) is 13.3. The Morgan fingerprint density at radius 2 is 2.20 bits per heavy atom. The topological polar surface area (TPSA) is 42.7 Å². The minimum absolute atomic E-state index is 0.793. The number of nitrogens with zero attached hydrogens (tertiary/aromatic N) is 3. The molecule has 3 aromatic heterocycles. The first-order valence-corrected chi connectivity index (χ1v) is 7.64. The highest BCUT2D eigenvalue weighted by Crippen LogP contribution is 2.19. The Hall–Kier alpha value is -1.72. The van der Waals surface area contributed by atoms with Gasteiger partial charge in [-0.15, -0.1) is 11.3 Å². The van der Waals surface area contributed by atoms with Crippen molar-refractivity contribution in [1.82, 2.24) is 20.1 Å². The van der Waals surface area contributed by atoms with Crippen molar-refractivity contribution in [3.05, 3.63) is 45.9 Å². The Kier molecular flexibility index (Phi) is 3.80. The molecule has 0 saturated heterocycles. The molecule has 0 aliphatic heterocycles. The zero-order valence-electron chi connectivity index (χ0n) is 11.8. The lowest BCUT2D eigenvalue weighted by Gasteiger charge is -2.03. The van der Waals surface area contributed by atoms with Crippen molar-refractivity contribution in [2.45, 2.75) is 26.9 Å². The maximum absolute atomic E-state index is 4.56. The van der Waals surface area contributed by atoms with E-state index in [0.29, 0.717) is 0 Å². The molecule has 0 aliphatic carbocycles. The van der Waals surface area contributed by atoms with Crippen molar-refractivity contribution in [3.8, 4) is 0 Å². The van der Waals surface area contributed by atoms with Crippen LogP contribution in [0.2, 0.25) is 0 Å². The van der Waals surface area contributed by atoms with Crippen LogP contribution in [0, 0.1) is 6.92 Å². The van der Waals surface area contributed by atoms with Crippen molar-refractivity contribution in [1.29, 1.82) is 0 Å². The standard InChI is InChI=1S/C15H18N4S/c1-3-16-7-12-6-13-9-18-19(15(13)17-8-12)10-14-5-4-11(2)20-14/h4-6,8-9,16H,3,7,10H2,1-2H3. The fourth-order valence-electron chi connectivity index (χ4n) is 2.22. The molecular weight excluding hydrogens is 268 g/mol. The van der Waals surface area contributed by atoms with Gasteiger partial charge in [0.25, 0.3) is 0 Å². The van der Waals surface area contributed by atoms with Crippen LogP contribution < -0.4 is 5.32 Å². The normalized spacial score (nSPS) is 11.3. The second-order valence-electron chi connectivity index (χ2n) is 4.85. The second-order valence-corrected chi connectivity index (χ2v) is 6.22. The minimum Gasteiger partial charge on any atom is -0.313 e. The summed E-state index contributed by atoms with van der Waals surface area (Å²) in [5.41, 5.74) is 2.15. The SMILES string of the molecule is CCNCc1cnc2c(cnn2Cc2ccc(C)s2)c1. The predicted molar refractivity (Wildman–Crippen MR) is 83.1 cm³/mol. The predicted octanol–water partition coefficient (Wildman–Crippen LogP) is 2.96. The van der Waals surface area contributed by atoms with E-state index in [1.165, 1.54) is 15.3 Å². The Labute approximate surface area is 122 Å². The van der Waals surface area contributed by atoms with Crippen molar-refractivity contribution in [3.63, 3.8) is 0 Å². The zero-order chi connectivity index (χ0) is 13.9. The number of fused-ring (bicyclic) bond motifs is 1. The minimum atomic E-state index is 0.793. The molecule has 0 spiro atoms. The largest absolute Gasteiger partial charge is 0.313 e. The van der Waals surface area contributed by atoms with Gasteiger partial charge in [0.2, 0.25) is 0 Å². The van der Waals surface area contributed by atoms with Gasteiger partial charge in [-0.25, -0.2) is 9.67 Å². The molecule has 5 heteroatoms. The van der Waals surface area contributed by atoms with Gasteiger partial charge in [-0.05, 0) is 37.2 Å². The molecule has 0 amide bonds. The van der Waals surface area contributed by atoms with E-state index in [2.05, 4.69) is 47.4 Å². The number of thiophene rings is 1. The van der Waals surface area contributed by atoms with E-state index in [1.807, 2.05) is 28.4 Å². The van der Waals surface area contributed by atoms with Gasteiger partial charge in [0.15, 0.2) is 5.65 Å². The number of aromatic nitrogens is 3. The number of hydrogen-bond donors (Lipinski definition) is 1. The Bertz CT molecular complexity index is 714. The molecule has 0 saturated carbocycles. The molecule has 0 fully saturated rings. The van der Waals surface area contributed by atoms with Crippen LogP contribution >= 0.6 is 11.3 Å². The third-order valence-corrected chi connectivity index (χ3v) is 4.20. The van der Waals surface area contributed by atoms with E-state index in [1.54, 1.807) is 0 Å². The molecule has 0 atom stereocenters. The maximum Gasteiger partial charge on any atom is 0.158 e. The van der Waals surface area contributed by atoms with Crippen LogP contribution in [0.5, 0.6) is 0 Å². The number of hydrogen-bond acceptors (Lipinski definition) is 4. The molecule has 0 aliphatic rings. The quantitative estimate of drug-likeness (QED) is 0.784. The van der Waals surface area contributed by atoms with Crippen LogP contribution in [0.4, 0.5) is 0 Å². The van der Waals surface area contributed by atoms with Crippen LogP contribution in [0.25, 0.3) is 11.0 Å². The van der Waals surface area contributed by atoms with Gasteiger partial charge in [-0.1, -0.05) is 6.92 Å². The molecule has 1 N–H and O–H groups in total. The summed E-state index contributed by atoms with van der Waals surface area (Å²) in [6.07, 6.45) is 3.83. The summed E-state index contributed by atoms with van der Waals surface area (Å²) in [7, 11) is 0. The average molecular weight is 286 g/mol. The van der Waals surface area contributed by atoms with Gasteiger partial charge in [-0.2, -0.15) is 5.10 Å². The van der Waals surface area contributed by atoms with E-state index in [9.17, 15) is 0 Å². The Morgan fingerprint density at radius 1 is 1.30 bits per heavy atom. The lowest BCUT2D eigenvalue weighted by Crippen LogP contribution is -2.11. The van der Waals surface area contributed by atoms with E-state index in [0.717, 1.165) is 30.7 Å². The van der Waals surface area contributed by atoms with Gasteiger partial charge in [0.05, 0.1) is 12.7 Å². The first-order valence-electron chi connectivity index (χ1n) is 6.82. The number of pyridine rings is 1. The highest BCUT2D eigenvalue weighted by atomic mass is 32.1. The Morgan fingerprint density at radius 3 is 2.95 bits per heavy atom. The lowest BCUT2D eigenvalue weighted by atomic mass is 10.2. The number of nitrogens with one attached hydrogen (secondary N) is 1. The summed E-state index contributed by atoms with van der Waals surface area (Å²) in [4.78, 5) is 7.20. The molecular formula is C15H18N4S. The molecule has 0 unspecified atom stereocenters. The van der Waals surface area contributed by atoms with Gasteiger partial charge in [0.1, 0.15) is 0 Å². The monoisotopic (exact) mass is 286 g/mol. The van der Waals surface area contributed by atoms with Crippen LogP contribution in [0.15, 0.2) is 30.6 Å². The fraction of sp³-hybridized carbons (Fsp3) is 0.333. The highest BCUT2D eigenvalue weighted by molar-refractivity contribution is 7.11. The molecule has 3 heterocycles. The zero-order valence-corrected chi connectivity index (χ0v) is 12.6.